The van der Waals surface area contributed by atoms with Crippen LogP contribution in [0.4, 0.5) is 17.6 Å². The molecule has 39 heavy (non-hydrogen) atoms. The summed E-state index contributed by atoms with van der Waals surface area (Å²) in [6.07, 6.45) is 5.22. The molecule has 5 heterocycles. The van der Waals surface area contributed by atoms with Crippen LogP contribution in [0.1, 0.15) is 45.6 Å². The summed E-state index contributed by atoms with van der Waals surface area (Å²) in [6, 6.07) is 3.79. The Labute approximate surface area is 228 Å². The van der Waals surface area contributed by atoms with Gasteiger partial charge >= 0.3 is 0 Å². The molecule has 11 nitrogen and oxygen atoms in total. The molecular formula is C28H37N7O4. The van der Waals surface area contributed by atoms with E-state index in [0.717, 1.165) is 16.3 Å². The fourth-order valence-electron chi connectivity index (χ4n) is 5.16. The largest absolute Gasteiger partial charge is 0.474 e. The highest BCUT2D eigenvalue weighted by molar-refractivity contribution is 5.91. The van der Waals surface area contributed by atoms with E-state index in [2.05, 4.69) is 39.1 Å². The Morgan fingerprint density at radius 1 is 1.10 bits per heavy atom. The maximum Gasteiger partial charge on any atom is 0.227 e. The van der Waals surface area contributed by atoms with E-state index in [1.165, 1.54) is 0 Å². The highest BCUT2D eigenvalue weighted by Crippen LogP contribution is 2.34. The molecule has 2 aliphatic rings. The third-order valence-corrected chi connectivity index (χ3v) is 7.71. The summed E-state index contributed by atoms with van der Waals surface area (Å²) in [5, 5.41) is 15.5. The van der Waals surface area contributed by atoms with Crippen LogP contribution < -0.4 is 15.0 Å². The monoisotopic (exact) mass is 535 g/mol. The number of carbonyl (C=O) groups is 1. The number of hydrogen-bond acceptors (Lipinski definition) is 10. The Kier molecular flexibility index (Phi) is 7.81. The SMILES string of the molecule is CO[C@@H]1CCN(c2nccc(Nc3cc4c(C(C)C)cnc(O[C@H](C)C5CN(C(C)=O)C5)c4cn3)n2)C[C@H]1O. The topological polar surface area (TPSA) is 126 Å². The molecule has 2 N–H and O–H groups in total. The number of amides is 1. The molecule has 5 rings (SSSR count). The van der Waals surface area contributed by atoms with E-state index >= 15 is 0 Å². The van der Waals surface area contributed by atoms with Gasteiger partial charge in [-0.15, -0.1) is 0 Å². The second-order valence-electron chi connectivity index (χ2n) is 10.7. The molecule has 3 atom stereocenters. The summed E-state index contributed by atoms with van der Waals surface area (Å²) in [6.45, 7) is 10.4. The number of pyridine rings is 2. The fourth-order valence-corrected chi connectivity index (χ4v) is 5.16. The number of nitrogens with one attached hydrogen (secondary N) is 1. The van der Waals surface area contributed by atoms with Gasteiger partial charge in [-0.25, -0.2) is 15.0 Å². The third-order valence-electron chi connectivity index (χ3n) is 7.71. The third kappa shape index (κ3) is 5.74. The number of methoxy groups -OCH3 is 1. The van der Waals surface area contributed by atoms with Gasteiger partial charge < -0.3 is 29.7 Å². The molecule has 2 saturated heterocycles. The average molecular weight is 536 g/mol. The van der Waals surface area contributed by atoms with Gasteiger partial charge in [0.15, 0.2) is 0 Å². The highest BCUT2D eigenvalue weighted by Gasteiger charge is 2.34. The minimum atomic E-state index is -0.592. The van der Waals surface area contributed by atoms with E-state index in [9.17, 15) is 9.90 Å². The van der Waals surface area contributed by atoms with Crippen LogP contribution in [0.15, 0.2) is 30.7 Å². The van der Waals surface area contributed by atoms with Crippen molar-refractivity contribution in [2.24, 2.45) is 5.92 Å². The van der Waals surface area contributed by atoms with E-state index < -0.39 is 6.10 Å². The van der Waals surface area contributed by atoms with Crippen molar-refractivity contribution in [2.45, 2.75) is 58.3 Å². The summed E-state index contributed by atoms with van der Waals surface area (Å²) < 4.78 is 11.6. The first kappa shape index (κ1) is 27.0. The van der Waals surface area contributed by atoms with E-state index in [-0.39, 0.29) is 30.0 Å². The van der Waals surface area contributed by atoms with Gasteiger partial charge in [-0.3, -0.25) is 4.79 Å². The van der Waals surface area contributed by atoms with Gasteiger partial charge in [0.1, 0.15) is 17.7 Å². The van der Waals surface area contributed by atoms with Crippen LogP contribution in [0.25, 0.3) is 10.8 Å². The zero-order valence-electron chi connectivity index (χ0n) is 23.2. The number of nitrogens with zero attached hydrogens (tertiary/aromatic N) is 6. The number of likely N-dealkylation sites (tertiary alicyclic amines) is 1. The number of ether oxygens (including phenoxy) is 2. The summed E-state index contributed by atoms with van der Waals surface area (Å²) in [4.78, 5) is 33.7. The molecular weight excluding hydrogens is 498 g/mol. The van der Waals surface area contributed by atoms with Gasteiger partial charge in [0.2, 0.25) is 17.7 Å². The number of piperidine rings is 1. The number of hydrogen-bond donors (Lipinski definition) is 2. The van der Waals surface area contributed by atoms with Crippen LogP contribution in [-0.4, -0.2) is 87.5 Å². The van der Waals surface area contributed by atoms with Crippen LogP contribution in [-0.2, 0) is 9.53 Å². The maximum atomic E-state index is 11.6. The van der Waals surface area contributed by atoms with Gasteiger partial charge in [-0.05, 0) is 42.3 Å². The van der Waals surface area contributed by atoms with Crippen molar-refractivity contribution >= 4 is 34.3 Å². The van der Waals surface area contributed by atoms with Crippen LogP contribution >= 0.6 is 0 Å². The van der Waals surface area contributed by atoms with Gasteiger partial charge in [-0.1, -0.05) is 13.8 Å². The number of β-amino-alcohol motifs (C(OH)–C–C–N with tert-alkyl or cyclic N) is 1. The molecule has 208 valence electrons. The van der Waals surface area contributed by atoms with E-state index in [0.29, 0.717) is 56.1 Å². The Hall–Kier alpha value is -3.57. The number of anilines is 3. The van der Waals surface area contributed by atoms with Gasteiger partial charge in [-0.2, -0.15) is 4.98 Å². The van der Waals surface area contributed by atoms with E-state index in [1.54, 1.807) is 32.5 Å². The van der Waals surface area contributed by atoms with Crippen molar-refractivity contribution in [3.8, 4) is 5.88 Å². The second-order valence-corrected chi connectivity index (χ2v) is 10.7. The minimum absolute atomic E-state index is 0.0779. The lowest BCUT2D eigenvalue weighted by Crippen LogP contribution is -2.54. The number of aliphatic hydroxyl groups is 1. The van der Waals surface area contributed by atoms with E-state index in [4.69, 9.17) is 9.47 Å². The second kappa shape index (κ2) is 11.3. The Morgan fingerprint density at radius 3 is 2.59 bits per heavy atom. The molecule has 2 fully saturated rings. The fraction of sp³-hybridized carbons (Fsp3) is 0.536. The molecule has 0 aromatic carbocycles. The number of aromatic nitrogens is 4. The number of aliphatic hydroxyl groups excluding tert-OH is 1. The van der Waals surface area contributed by atoms with Gasteiger partial charge in [0, 0.05) is 64.7 Å². The molecule has 0 spiro atoms. The minimum Gasteiger partial charge on any atom is -0.474 e. The molecule has 0 radical (unpaired) electrons. The predicted molar refractivity (Wildman–Crippen MR) is 148 cm³/mol. The number of carbonyl (C=O) groups excluding carboxylic acids is 1. The average Bonchev–Trinajstić information content (AvgIpc) is 2.87. The summed E-state index contributed by atoms with van der Waals surface area (Å²) in [5.74, 6) is 2.97. The first-order valence-corrected chi connectivity index (χ1v) is 13.5. The normalized spacial score (nSPS) is 20.7. The summed E-state index contributed by atoms with van der Waals surface area (Å²) in [7, 11) is 1.62. The van der Waals surface area contributed by atoms with E-state index in [1.807, 2.05) is 29.0 Å². The molecule has 11 heteroatoms. The quantitative estimate of drug-likeness (QED) is 0.444. The summed E-state index contributed by atoms with van der Waals surface area (Å²) >= 11 is 0. The maximum absolute atomic E-state index is 11.6. The highest BCUT2D eigenvalue weighted by atomic mass is 16.5. The van der Waals surface area contributed by atoms with Crippen LogP contribution in [0.5, 0.6) is 5.88 Å². The zero-order chi connectivity index (χ0) is 27.7. The Morgan fingerprint density at radius 2 is 1.90 bits per heavy atom. The van der Waals surface area contributed by atoms with Crippen molar-refractivity contribution in [3.05, 3.63) is 36.3 Å². The molecule has 3 aromatic heterocycles. The van der Waals surface area contributed by atoms with Crippen molar-refractivity contribution in [1.29, 1.82) is 0 Å². The lowest BCUT2D eigenvalue weighted by atomic mass is 9.94. The van der Waals surface area contributed by atoms with Crippen molar-refractivity contribution < 1.29 is 19.4 Å². The Balaban J connectivity index is 1.35. The summed E-state index contributed by atoms with van der Waals surface area (Å²) in [5.41, 5.74) is 1.10. The Bertz CT molecular complexity index is 1330. The smallest absolute Gasteiger partial charge is 0.227 e. The van der Waals surface area contributed by atoms with Crippen molar-refractivity contribution in [1.82, 2.24) is 24.8 Å². The number of fused-ring (bicyclic) bond motifs is 1. The molecule has 0 saturated carbocycles. The first-order chi connectivity index (χ1) is 18.7. The van der Waals surface area contributed by atoms with Crippen molar-refractivity contribution in [3.63, 3.8) is 0 Å². The predicted octanol–water partition coefficient (Wildman–Crippen LogP) is 3.12. The molecule has 0 aliphatic carbocycles. The molecule has 0 bridgehead atoms. The molecule has 2 aliphatic heterocycles. The van der Waals surface area contributed by atoms with Crippen LogP contribution in [0, 0.1) is 5.92 Å². The standard InChI is InChI=1S/C28H37N7O4/c1-16(2)21-11-31-27(39-17(3)19-13-35(14-19)18(4)36)22-12-30-26(10-20(21)22)32-25-6-8-29-28(33-25)34-9-7-24(38-5)23(37)15-34/h6,8,10-12,16-17,19,23-24,37H,7,9,13-15H2,1-5H3,(H,29,30,32,33)/t17-,23-,24-/m1/s1. The van der Waals surface area contributed by atoms with Crippen LogP contribution in [0.2, 0.25) is 0 Å². The number of rotatable bonds is 8. The molecule has 1 amide bonds. The van der Waals surface area contributed by atoms with Crippen LogP contribution in [0.3, 0.4) is 0 Å². The van der Waals surface area contributed by atoms with Gasteiger partial charge in [0.25, 0.3) is 0 Å². The molecule has 3 aromatic rings. The zero-order valence-corrected chi connectivity index (χ0v) is 23.2. The molecule has 0 unspecified atom stereocenters. The van der Waals surface area contributed by atoms with Gasteiger partial charge in [0.05, 0.1) is 17.6 Å². The lowest BCUT2D eigenvalue weighted by Gasteiger charge is -2.41. The van der Waals surface area contributed by atoms with Crippen molar-refractivity contribution in [2.75, 3.05) is 43.5 Å². The first-order valence-electron chi connectivity index (χ1n) is 13.5. The lowest BCUT2D eigenvalue weighted by molar-refractivity contribution is -0.137.